The van der Waals surface area contributed by atoms with Gasteiger partial charge in [0.2, 0.25) is 0 Å². The molecule has 0 bridgehead atoms. The lowest BCUT2D eigenvalue weighted by Crippen LogP contribution is -2.37. The molecular weight excluding hydrogens is 314 g/mol. The first-order valence-electron chi connectivity index (χ1n) is 7.46. The van der Waals surface area contributed by atoms with Crippen LogP contribution in [0.5, 0.6) is 11.5 Å². The van der Waals surface area contributed by atoms with Gasteiger partial charge in [0, 0.05) is 17.1 Å². The lowest BCUT2D eigenvalue weighted by molar-refractivity contribution is -0.128. The van der Waals surface area contributed by atoms with Gasteiger partial charge in [0.1, 0.15) is 11.5 Å². The molecule has 5 heteroatoms. The molecule has 1 atom stereocenters. The summed E-state index contributed by atoms with van der Waals surface area (Å²) in [6, 6.07) is 14.6. The van der Waals surface area contributed by atoms with Crippen molar-refractivity contribution in [2.24, 2.45) is 0 Å². The van der Waals surface area contributed by atoms with Crippen LogP contribution in [0.15, 0.2) is 48.5 Å². The summed E-state index contributed by atoms with van der Waals surface area (Å²) in [5, 5.41) is 3.46. The van der Waals surface area contributed by atoms with Crippen molar-refractivity contribution in [2.75, 3.05) is 7.11 Å². The molecule has 0 aliphatic heterocycles. The number of amides is 1. The molecule has 0 saturated carbocycles. The van der Waals surface area contributed by atoms with Crippen molar-refractivity contribution in [3.8, 4) is 11.5 Å². The zero-order valence-corrected chi connectivity index (χ0v) is 14.0. The maximum atomic E-state index is 12.3. The van der Waals surface area contributed by atoms with Gasteiger partial charge in [-0.15, -0.1) is 0 Å². The molecule has 23 heavy (non-hydrogen) atoms. The Hall–Kier alpha value is -2.20. The third-order valence-electron chi connectivity index (χ3n) is 3.38. The highest BCUT2D eigenvalue weighted by Crippen LogP contribution is 2.20. The average molecular weight is 334 g/mol. The number of hydrogen-bond donors (Lipinski definition) is 1. The Morgan fingerprint density at radius 1 is 1.22 bits per heavy atom. The molecule has 0 unspecified atom stereocenters. The fourth-order valence-electron chi connectivity index (χ4n) is 2.17. The van der Waals surface area contributed by atoms with E-state index in [0.29, 0.717) is 23.7 Å². The predicted molar refractivity (Wildman–Crippen MR) is 91.0 cm³/mol. The molecule has 0 aromatic heterocycles. The molecule has 0 aliphatic rings. The van der Waals surface area contributed by atoms with E-state index in [-0.39, 0.29) is 5.91 Å². The van der Waals surface area contributed by atoms with Gasteiger partial charge in [0.05, 0.1) is 7.11 Å². The Kier molecular flexibility index (Phi) is 6.29. The Bertz CT molecular complexity index is 660. The van der Waals surface area contributed by atoms with E-state index in [1.54, 1.807) is 31.4 Å². The van der Waals surface area contributed by atoms with Crippen LogP contribution in [0, 0.1) is 0 Å². The maximum absolute atomic E-state index is 12.3. The van der Waals surface area contributed by atoms with Crippen LogP contribution in [-0.2, 0) is 11.3 Å². The summed E-state index contributed by atoms with van der Waals surface area (Å²) in [6.45, 7) is 2.29. The Balaban J connectivity index is 1.97. The number of halogens is 1. The molecule has 122 valence electrons. The molecular formula is C18H20ClNO3. The van der Waals surface area contributed by atoms with Crippen LogP contribution in [0.1, 0.15) is 18.9 Å². The van der Waals surface area contributed by atoms with Gasteiger partial charge in [-0.05, 0) is 30.7 Å². The SMILES string of the molecule is CC[C@H](Oc1cccc(Cl)c1)C(=O)NCc1ccccc1OC. The molecule has 2 aromatic carbocycles. The van der Waals surface area contributed by atoms with Gasteiger partial charge in [-0.25, -0.2) is 0 Å². The molecule has 0 fully saturated rings. The number of ether oxygens (including phenoxy) is 2. The summed E-state index contributed by atoms with van der Waals surface area (Å²) in [5.74, 6) is 1.16. The first-order chi connectivity index (χ1) is 11.1. The fraction of sp³-hybridized carbons (Fsp3) is 0.278. The Morgan fingerprint density at radius 2 is 2.00 bits per heavy atom. The van der Waals surface area contributed by atoms with E-state index >= 15 is 0 Å². The second-order valence-corrected chi connectivity index (χ2v) is 5.44. The van der Waals surface area contributed by atoms with Gasteiger partial charge < -0.3 is 14.8 Å². The van der Waals surface area contributed by atoms with Crippen LogP contribution < -0.4 is 14.8 Å². The number of carbonyl (C=O) groups is 1. The van der Waals surface area contributed by atoms with E-state index in [1.807, 2.05) is 31.2 Å². The van der Waals surface area contributed by atoms with Crippen molar-refractivity contribution in [3.63, 3.8) is 0 Å². The molecule has 0 aliphatic carbocycles. The normalized spacial score (nSPS) is 11.6. The van der Waals surface area contributed by atoms with E-state index in [0.717, 1.165) is 11.3 Å². The van der Waals surface area contributed by atoms with E-state index < -0.39 is 6.10 Å². The van der Waals surface area contributed by atoms with Crippen molar-refractivity contribution in [1.29, 1.82) is 0 Å². The minimum atomic E-state index is -0.567. The summed E-state index contributed by atoms with van der Waals surface area (Å²) in [7, 11) is 1.61. The van der Waals surface area contributed by atoms with E-state index in [4.69, 9.17) is 21.1 Å². The smallest absolute Gasteiger partial charge is 0.261 e. The number of para-hydroxylation sites is 1. The molecule has 0 saturated heterocycles. The highest BCUT2D eigenvalue weighted by Gasteiger charge is 2.18. The van der Waals surface area contributed by atoms with Crippen molar-refractivity contribution in [3.05, 3.63) is 59.1 Å². The first kappa shape index (κ1) is 17.2. The fourth-order valence-corrected chi connectivity index (χ4v) is 2.35. The summed E-state index contributed by atoms with van der Waals surface area (Å²) in [6.07, 6.45) is -0.00671. The van der Waals surface area contributed by atoms with Crippen molar-refractivity contribution >= 4 is 17.5 Å². The van der Waals surface area contributed by atoms with Crippen LogP contribution in [0.25, 0.3) is 0 Å². The molecule has 4 nitrogen and oxygen atoms in total. The summed E-state index contributed by atoms with van der Waals surface area (Å²) < 4.78 is 11.0. The van der Waals surface area contributed by atoms with Crippen molar-refractivity contribution in [2.45, 2.75) is 26.0 Å². The monoisotopic (exact) mass is 333 g/mol. The molecule has 1 amide bonds. The Morgan fingerprint density at radius 3 is 2.70 bits per heavy atom. The zero-order chi connectivity index (χ0) is 16.7. The summed E-state index contributed by atoms with van der Waals surface area (Å²) in [4.78, 5) is 12.3. The standard InChI is InChI=1S/C18H20ClNO3/c1-3-16(23-15-9-6-8-14(19)11-15)18(21)20-12-13-7-4-5-10-17(13)22-2/h4-11,16H,3,12H2,1-2H3,(H,20,21)/t16-/m0/s1. The highest BCUT2D eigenvalue weighted by atomic mass is 35.5. The van der Waals surface area contributed by atoms with Crippen molar-refractivity contribution in [1.82, 2.24) is 5.32 Å². The van der Waals surface area contributed by atoms with Crippen LogP contribution in [0.3, 0.4) is 0 Å². The molecule has 1 N–H and O–H groups in total. The lowest BCUT2D eigenvalue weighted by atomic mass is 10.2. The predicted octanol–water partition coefficient (Wildman–Crippen LogP) is 3.82. The molecule has 2 rings (SSSR count). The first-order valence-corrected chi connectivity index (χ1v) is 7.83. The van der Waals surface area contributed by atoms with Gasteiger partial charge in [0.15, 0.2) is 6.10 Å². The van der Waals surface area contributed by atoms with Crippen LogP contribution in [0.4, 0.5) is 0 Å². The maximum Gasteiger partial charge on any atom is 0.261 e. The van der Waals surface area contributed by atoms with Crippen LogP contribution in [-0.4, -0.2) is 19.1 Å². The quantitative estimate of drug-likeness (QED) is 0.837. The number of carbonyl (C=O) groups excluding carboxylic acids is 1. The van der Waals surface area contributed by atoms with Crippen molar-refractivity contribution < 1.29 is 14.3 Å². The highest BCUT2D eigenvalue weighted by molar-refractivity contribution is 6.30. The number of methoxy groups -OCH3 is 1. The van der Waals surface area contributed by atoms with E-state index in [2.05, 4.69) is 5.32 Å². The number of benzene rings is 2. The van der Waals surface area contributed by atoms with Crippen LogP contribution >= 0.6 is 11.6 Å². The minimum absolute atomic E-state index is 0.168. The molecule has 0 radical (unpaired) electrons. The summed E-state index contributed by atoms with van der Waals surface area (Å²) >= 11 is 5.93. The van der Waals surface area contributed by atoms with Gasteiger partial charge in [-0.3, -0.25) is 4.79 Å². The second-order valence-electron chi connectivity index (χ2n) is 5.00. The zero-order valence-electron chi connectivity index (χ0n) is 13.2. The lowest BCUT2D eigenvalue weighted by Gasteiger charge is -2.18. The molecule has 0 heterocycles. The van der Waals surface area contributed by atoms with Gasteiger partial charge in [-0.1, -0.05) is 42.8 Å². The second kappa shape index (κ2) is 8.44. The topological polar surface area (TPSA) is 47.6 Å². The average Bonchev–Trinajstić information content (AvgIpc) is 2.57. The van der Waals surface area contributed by atoms with Gasteiger partial charge >= 0.3 is 0 Å². The number of nitrogens with one attached hydrogen (secondary N) is 1. The summed E-state index contributed by atoms with van der Waals surface area (Å²) in [5.41, 5.74) is 0.918. The number of rotatable bonds is 7. The van der Waals surface area contributed by atoms with E-state index in [1.165, 1.54) is 0 Å². The van der Waals surface area contributed by atoms with Crippen LogP contribution in [0.2, 0.25) is 5.02 Å². The van der Waals surface area contributed by atoms with Gasteiger partial charge in [0.25, 0.3) is 5.91 Å². The largest absolute Gasteiger partial charge is 0.496 e. The minimum Gasteiger partial charge on any atom is -0.496 e. The third kappa shape index (κ3) is 4.89. The Labute approximate surface area is 141 Å². The van der Waals surface area contributed by atoms with Gasteiger partial charge in [-0.2, -0.15) is 0 Å². The molecule has 0 spiro atoms. The molecule has 2 aromatic rings. The van der Waals surface area contributed by atoms with E-state index in [9.17, 15) is 4.79 Å². The third-order valence-corrected chi connectivity index (χ3v) is 3.62. The number of hydrogen-bond acceptors (Lipinski definition) is 3.